The predicted octanol–water partition coefficient (Wildman–Crippen LogP) is 6.93. The van der Waals surface area contributed by atoms with Gasteiger partial charge in [-0.1, -0.05) is 60.7 Å². The lowest BCUT2D eigenvalue weighted by molar-refractivity contribution is -0.137. The minimum absolute atomic E-state index is 0.116. The molecular formula is C33H30F3N3O3. The van der Waals surface area contributed by atoms with Crippen molar-refractivity contribution >= 4 is 23.4 Å². The number of anilines is 1. The Bertz CT molecular complexity index is 1580. The van der Waals surface area contributed by atoms with Crippen molar-refractivity contribution in [2.45, 2.75) is 39.0 Å². The summed E-state index contributed by atoms with van der Waals surface area (Å²) in [7, 11) is 0. The number of carbonyl (C=O) groups is 3. The summed E-state index contributed by atoms with van der Waals surface area (Å²) >= 11 is 0. The van der Waals surface area contributed by atoms with Crippen molar-refractivity contribution in [3.05, 3.63) is 125 Å². The van der Waals surface area contributed by atoms with Crippen molar-refractivity contribution in [2.24, 2.45) is 0 Å². The second-order valence-corrected chi connectivity index (χ2v) is 10.1. The van der Waals surface area contributed by atoms with E-state index in [1.807, 2.05) is 19.9 Å². The SMILES string of the molecule is Cc1cc(C(=O)N[C@H](C(=O)NC(C)C)c2ccccc2)ccc1NC(=O)c1ccccc1-c1ccc(C(F)(F)F)cc1. The van der Waals surface area contributed by atoms with E-state index < -0.39 is 29.6 Å². The normalized spacial score (nSPS) is 12.0. The average Bonchev–Trinajstić information content (AvgIpc) is 2.96. The molecule has 6 nitrogen and oxygen atoms in total. The number of benzene rings is 4. The van der Waals surface area contributed by atoms with Gasteiger partial charge < -0.3 is 16.0 Å². The summed E-state index contributed by atoms with van der Waals surface area (Å²) in [6.07, 6.45) is -4.46. The summed E-state index contributed by atoms with van der Waals surface area (Å²) < 4.78 is 39.0. The number of amides is 3. The summed E-state index contributed by atoms with van der Waals surface area (Å²) in [6, 6.07) is 23.9. The maximum Gasteiger partial charge on any atom is 0.416 e. The molecule has 0 aromatic heterocycles. The van der Waals surface area contributed by atoms with Crippen LogP contribution in [0.4, 0.5) is 18.9 Å². The van der Waals surface area contributed by atoms with E-state index in [4.69, 9.17) is 0 Å². The van der Waals surface area contributed by atoms with Crippen LogP contribution in [0.3, 0.4) is 0 Å². The molecule has 1 atom stereocenters. The fourth-order valence-electron chi connectivity index (χ4n) is 4.43. The van der Waals surface area contributed by atoms with E-state index in [1.54, 1.807) is 73.7 Å². The molecule has 0 heterocycles. The molecule has 4 aromatic carbocycles. The number of nitrogens with one attached hydrogen (secondary N) is 3. The highest BCUT2D eigenvalue weighted by Crippen LogP contribution is 2.32. The predicted molar refractivity (Wildman–Crippen MR) is 156 cm³/mol. The number of aryl methyl sites for hydroxylation is 1. The maximum atomic E-state index is 13.3. The van der Waals surface area contributed by atoms with E-state index in [0.29, 0.717) is 33.5 Å². The van der Waals surface area contributed by atoms with Crippen molar-refractivity contribution in [3.63, 3.8) is 0 Å². The van der Waals surface area contributed by atoms with Gasteiger partial charge in [-0.2, -0.15) is 13.2 Å². The molecule has 0 unspecified atom stereocenters. The van der Waals surface area contributed by atoms with E-state index in [9.17, 15) is 27.6 Å². The van der Waals surface area contributed by atoms with Crippen LogP contribution < -0.4 is 16.0 Å². The minimum Gasteiger partial charge on any atom is -0.352 e. The quantitative estimate of drug-likeness (QED) is 0.214. The number of alkyl halides is 3. The summed E-state index contributed by atoms with van der Waals surface area (Å²) in [5, 5.41) is 8.46. The van der Waals surface area contributed by atoms with Gasteiger partial charge in [0, 0.05) is 22.9 Å². The molecule has 4 rings (SSSR count). The zero-order valence-corrected chi connectivity index (χ0v) is 23.3. The van der Waals surface area contributed by atoms with Crippen molar-refractivity contribution in [2.75, 3.05) is 5.32 Å². The number of carbonyl (C=O) groups excluding carboxylic acids is 3. The summed E-state index contributed by atoms with van der Waals surface area (Å²) in [6.45, 7) is 5.40. The van der Waals surface area contributed by atoms with Gasteiger partial charge in [-0.15, -0.1) is 0 Å². The molecule has 0 aliphatic carbocycles. The molecule has 0 aliphatic rings. The van der Waals surface area contributed by atoms with Crippen LogP contribution in [0.1, 0.15) is 57.3 Å². The minimum atomic E-state index is -4.46. The molecule has 3 amide bonds. The molecule has 0 spiro atoms. The first-order chi connectivity index (χ1) is 19.9. The van der Waals surface area contributed by atoms with Crippen LogP contribution in [-0.4, -0.2) is 23.8 Å². The highest BCUT2D eigenvalue weighted by molar-refractivity contribution is 6.09. The molecule has 216 valence electrons. The largest absolute Gasteiger partial charge is 0.416 e. The lowest BCUT2D eigenvalue weighted by Crippen LogP contribution is -2.42. The van der Waals surface area contributed by atoms with Gasteiger partial charge in [-0.25, -0.2) is 0 Å². The van der Waals surface area contributed by atoms with Crippen LogP contribution in [0, 0.1) is 6.92 Å². The summed E-state index contributed by atoms with van der Waals surface area (Å²) in [5.41, 5.74) is 2.44. The van der Waals surface area contributed by atoms with Gasteiger partial charge in [0.2, 0.25) is 5.91 Å². The van der Waals surface area contributed by atoms with Crippen LogP contribution in [0.25, 0.3) is 11.1 Å². The van der Waals surface area contributed by atoms with Crippen LogP contribution in [0.15, 0.2) is 97.1 Å². The van der Waals surface area contributed by atoms with Gasteiger partial charge in [0.25, 0.3) is 11.8 Å². The van der Waals surface area contributed by atoms with Gasteiger partial charge >= 0.3 is 6.18 Å². The monoisotopic (exact) mass is 573 g/mol. The Morgan fingerprint density at radius 3 is 2.00 bits per heavy atom. The van der Waals surface area contributed by atoms with Crippen LogP contribution in [0.5, 0.6) is 0 Å². The van der Waals surface area contributed by atoms with Gasteiger partial charge in [0.05, 0.1) is 5.56 Å². The second-order valence-electron chi connectivity index (χ2n) is 10.1. The molecule has 42 heavy (non-hydrogen) atoms. The number of halogens is 3. The van der Waals surface area contributed by atoms with Crippen LogP contribution in [0.2, 0.25) is 0 Å². The summed E-state index contributed by atoms with van der Waals surface area (Å²) in [4.78, 5) is 39.3. The molecule has 0 saturated heterocycles. The Labute approximate surface area is 242 Å². The van der Waals surface area contributed by atoms with Crippen molar-refractivity contribution in [1.29, 1.82) is 0 Å². The van der Waals surface area contributed by atoms with Gasteiger partial charge in [-0.05, 0) is 79.4 Å². The third-order valence-corrected chi connectivity index (χ3v) is 6.53. The van der Waals surface area contributed by atoms with E-state index in [1.165, 1.54) is 12.1 Å². The molecule has 0 saturated carbocycles. The first-order valence-corrected chi connectivity index (χ1v) is 13.3. The van der Waals surface area contributed by atoms with Crippen LogP contribution in [-0.2, 0) is 11.0 Å². The lowest BCUT2D eigenvalue weighted by atomic mass is 9.98. The Morgan fingerprint density at radius 2 is 1.38 bits per heavy atom. The van der Waals surface area contributed by atoms with Crippen molar-refractivity contribution in [3.8, 4) is 11.1 Å². The van der Waals surface area contributed by atoms with E-state index >= 15 is 0 Å². The van der Waals surface area contributed by atoms with Crippen molar-refractivity contribution < 1.29 is 27.6 Å². The second kappa shape index (κ2) is 12.7. The first-order valence-electron chi connectivity index (χ1n) is 13.3. The lowest BCUT2D eigenvalue weighted by Gasteiger charge is -2.21. The third kappa shape index (κ3) is 7.23. The van der Waals surface area contributed by atoms with Crippen molar-refractivity contribution in [1.82, 2.24) is 10.6 Å². The molecule has 3 N–H and O–H groups in total. The zero-order valence-electron chi connectivity index (χ0n) is 23.3. The number of rotatable bonds is 8. The highest BCUT2D eigenvalue weighted by atomic mass is 19.4. The third-order valence-electron chi connectivity index (χ3n) is 6.53. The first kappa shape index (κ1) is 30.0. The van der Waals surface area contributed by atoms with Gasteiger partial charge in [-0.3, -0.25) is 14.4 Å². The van der Waals surface area contributed by atoms with Gasteiger partial charge in [0.15, 0.2) is 0 Å². The fraction of sp³-hybridized carbons (Fsp3) is 0.182. The average molecular weight is 574 g/mol. The zero-order chi connectivity index (χ0) is 30.4. The smallest absolute Gasteiger partial charge is 0.352 e. The molecule has 0 fully saturated rings. The molecule has 0 bridgehead atoms. The highest BCUT2D eigenvalue weighted by Gasteiger charge is 2.30. The molecule has 0 radical (unpaired) electrons. The summed E-state index contributed by atoms with van der Waals surface area (Å²) in [5.74, 6) is -1.26. The topological polar surface area (TPSA) is 87.3 Å². The van der Waals surface area contributed by atoms with E-state index in [0.717, 1.165) is 12.1 Å². The molecule has 9 heteroatoms. The Kier molecular flexibility index (Phi) is 9.10. The number of hydrogen-bond acceptors (Lipinski definition) is 3. The Balaban J connectivity index is 1.52. The Hall–Kier alpha value is -4.92. The van der Waals surface area contributed by atoms with Crippen LogP contribution >= 0.6 is 0 Å². The Morgan fingerprint density at radius 1 is 0.738 bits per heavy atom. The van der Waals surface area contributed by atoms with E-state index in [-0.39, 0.29) is 17.5 Å². The number of hydrogen-bond donors (Lipinski definition) is 3. The van der Waals surface area contributed by atoms with E-state index in [2.05, 4.69) is 16.0 Å². The van der Waals surface area contributed by atoms with Gasteiger partial charge in [0.1, 0.15) is 6.04 Å². The maximum absolute atomic E-state index is 13.3. The molecule has 0 aliphatic heterocycles. The standard InChI is InChI=1S/C33H30F3N3O3/c1-20(2)37-32(42)29(23-9-5-4-6-10-23)39-30(40)24-15-18-28(21(3)19-24)38-31(41)27-12-8-7-11-26(27)22-13-16-25(17-14-22)33(34,35)36/h4-20,29H,1-3H3,(H,37,42)(H,38,41)(H,39,40)/t29-/m0/s1. The fourth-order valence-corrected chi connectivity index (χ4v) is 4.43. The molecular weight excluding hydrogens is 543 g/mol. The molecule has 4 aromatic rings.